The van der Waals surface area contributed by atoms with E-state index in [4.69, 9.17) is 9.47 Å². The van der Waals surface area contributed by atoms with Gasteiger partial charge in [0.15, 0.2) is 12.4 Å². The maximum atomic E-state index is 13.1. The zero-order chi connectivity index (χ0) is 22.4. The van der Waals surface area contributed by atoms with Gasteiger partial charge >= 0.3 is 11.9 Å². The second-order valence-corrected chi connectivity index (χ2v) is 8.12. The van der Waals surface area contributed by atoms with Gasteiger partial charge in [-0.05, 0) is 37.1 Å². The summed E-state index contributed by atoms with van der Waals surface area (Å²) in [6, 6.07) is 15.3. The van der Waals surface area contributed by atoms with Crippen LogP contribution in [0.25, 0.3) is 0 Å². The number of amides is 1. The fraction of sp³-hybridized carbons (Fsp3) is 0.304. The van der Waals surface area contributed by atoms with Gasteiger partial charge in [-0.2, -0.15) is 0 Å². The number of halogens is 1. The number of ether oxygens (including phenoxy) is 2. The number of hydrogen-bond acceptors (Lipinski definition) is 6. The monoisotopic (exact) mass is 487 g/mol. The third-order valence-electron chi connectivity index (χ3n) is 5.01. The number of Topliss-reactive ketones (excluding diaryl/α,β-unsaturated/α-hetero) is 1. The molecule has 2 aromatic rings. The normalized spacial score (nSPS) is 13.7. The first-order valence-electron chi connectivity index (χ1n) is 9.80. The molecule has 0 atom stereocenters. The Morgan fingerprint density at radius 1 is 0.935 bits per heavy atom. The minimum atomic E-state index is -1.16. The van der Waals surface area contributed by atoms with Crippen molar-refractivity contribution in [2.24, 2.45) is 0 Å². The number of esters is 2. The van der Waals surface area contributed by atoms with Gasteiger partial charge < -0.3 is 14.4 Å². The molecule has 0 radical (unpaired) electrons. The lowest BCUT2D eigenvalue weighted by molar-refractivity contribution is -0.150. The average molecular weight is 488 g/mol. The molecule has 3 rings (SSSR count). The standard InChI is InChI=1S/C23H22BrNO6/c1-16(26)30-14-13-25(21(28)18-5-3-2-4-6-18)23(11-12-23)22(29)31-15-20(27)17-7-9-19(24)10-8-17/h2-10H,11-15H2,1H3. The quantitative estimate of drug-likeness (QED) is 0.397. The zero-order valence-electron chi connectivity index (χ0n) is 17.0. The smallest absolute Gasteiger partial charge is 0.332 e. The molecule has 1 amide bonds. The van der Waals surface area contributed by atoms with Gasteiger partial charge in [-0.1, -0.05) is 46.3 Å². The topological polar surface area (TPSA) is 90.0 Å². The number of rotatable bonds is 9. The number of ketones is 1. The summed E-state index contributed by atoms with van der Waals surface area (Å²) in [7, 11) is 0. The molecule has 0 saturated heterocycles. The fourth-order valence-corrected chi connectivity index (χ4v) is 3.48. The first-order chi connectivity index (χ1) is 14.8. The molecule has 8 heteroatoms. The SMILES string of the molecule is CC(=O)OCCN(C(=O)c1ccccc1)C1(C(=O)OCC(=O)c2ccc(Br)cc2)CC1. The molecule has 0 bridgehead atoms. The summed E-state index contributed by atoms with van der Waals surface area (Å²) in [6.07, 6.45) is 0.827. The Morgan fingerprint density at radius 2 is 1.58 bits per heavy atom. The van der Waals surface area contributed by atoms with Gasteiger partial charge in [0, 0.05) is 22.5 Å². The van der Waals surface area contributed by atoms with Crippen LogP contribution in [0.15, 0.2) is 59.1 Å². The van der Waals surface area contributed by atoms with Crippen LogP contribution < -0.4 is 0 Å². The lowest BCUT2D eigenvalue weighted by atomic mass is 10.1. The van der Waals surface area contributed by atoms with Crippen LogP contribution in [0.3, 0.4) is 0 Å². The molecule has 1 aliphatic carbocycles. The molecule has 0 unspecified atom stereocenters. The van der Waals surface area contributed by atoms with Gasteiger partial charge in [-0.3, -0.25) is 14.4 Å². The van der Waals surface area contributed by atoms with Crippen molar-refractivity contribution in [3.8, 4) is 0 Å². The lowest BCUT2D eigenvalue weighted by Crippen LogP contribution is -2.50. The van der Waals surface area contributed by atoms with Gasteiger partial charge in [0.25, 0.3) is 5.91 Å². The highest BCUT2D eigenvalue weighted by Crippen LogP contribution is 2.43. The van der Waals surface area contributed by atoms with Crippen LogP contribution in [0.4, 0.5) is 0 Å². The van der Waals surface area contributed by atoms with Gasteiger partial charge in [0.2, 0.25) is 0 Å². The largest absolute Gasteiger partial charge is 0.464 e. The van der Waals surface area contributed by atoms with E-state index < -0.39 is 24.1 Å². The fourth-order valence-electron chi connectivity index (χ4n) is 3.21. The Balaban J connectivity index is 1.71. The number of hydrogen-bond donors (Lipinski definition) is 0. The van der Waals surface area contributed by atoms with Crippen molar-refractivity contribution in [1.29, 1.82) is 0 Å². The summed E-state index contributed by atoms with van der Waals surface area (Å²) in [5.74, 6) is -1.80. The highest BCUT2D eigenvalue weighted by molar-refractivity contribution is 9.10. The summed E-state index contributed by atoms with van der Waals surface area (Å²) in [4.78, 5) is 50.9. The van der Waals surface area contributed by atoms with Crippen molar-refractivity contribution >= 4 is 39.6 Å². The Hall–Kier alpha value is -3.00. The Morgan fingerprint density at radius 3 is 2.16 bits per heavy atom. The van der Waals surface area contributed by atoms with Crippen LogP contribution in [-0.4, -0.2) is 53.8 Å². The predicted molar refractivity (Wildman–Crippen MR) is 116 cm³/mol. The summed E-state index contributed by atoms with van der Waals surface area (Å²) in [5.41, 5.74) is -0.323. The highest BCUT2D eigenvalue weighted by atomic mass is 79.9. The maximum absolute atomic E-state index is 13.1. The van der Waals surface area contributed by atoms with E-state index in [0.717, 1.165) is 4.47 Å². The third kappa shape index (κ3) is 5.58. The summed E-state index contributed by atoms with van der Waals surface area (Å²) < 4.78 is 11.1. The minimum absolute atomic E-state index is 0.0409. The van der Waals surface area contributed by atoms with E-state index in [1.807, 2.05) is 0 Å². The third-order valence-corrected chi connectivity index (χ3v) is 5.54. The van der Waals surface area contributed by atoms with Crippen molar-refractivity contribution in [2.45, 2.75) is 25.3 Å². The van der Waals surface area contributed by atoms with Gasteiger partial charge in [0.05, 0.1) is 6.54 Å². The maximum Gasteiger partial charge on any atom is 0.332 e. The van der Waals surface area contributed by atoms with E-state index in [-0.39, 0.29) is 24.8 Å². The van der Waals surface area contributed by atoms with Crippen LogP contribution in [0, 0.1) is 0 Å². The number of benzene rings is 2. The van der Waals surface area contributed by atoms with Crippen LogP contribution in [0.1, 0.15) is 40.5 Å². The molecule has 0 heterocycles. The van der Waals surface area contributed by atoms with E-state index in [1.165, 1.54) is 11.8 Å². The van der Waals surface area contributed by atoms with Crippen LogP contribution in [-0.2, 0) is 19.1 Å². The molecule has 2 aromatic carbocycles. The summed E-state index contributed by atoms with van der Waals surface area (Å²) >= 11 is 3.30. The molecule has 0 aliphatic heterocycles. The predicted octanol–water partition coefficient (Wildman–Crippen LogP) is 3.41. The van der Waals surface area contributed by atoms with Crippen molar-refractivity contribution in [3.05, 3.63) is 70.2 Å². The molecule has 0 aromatic heterocycles. The molecule has 1 saturated carbocycles. The first-order valence-corrected chi connectivity index (χ1v) is 10.6. The molecule has 0 N–H and O–H groups in total. The average Bonchev–Trinajstić information content (AvgIpc) is 3.57. The van der Waals surface area contributed by atoms with Crippen molar-refractivity contribution in [3.63, 3.8) is 0 Å². The zero-order valence-corrected chi connectivity index (χ0v) is 18.6. The van der Waals surface area contributed by atoms with E-state index in [2.05, 4.69) is 15.9 Å². The number of carbonyl (C=O) groups excluding carboxylic acids is 4. The molecule has 1 aliphatic rings. The van der Waals surface area contributed by atoms with E-state index in [9.17, 15) is 19.2 Å². The summed E-state index contributed by atoms with van der Waals surface area (Å²) in [5, 5.41) is 0. The molecule has 31 heavy (non-hydrogen) atoms. The second-order valence-electron chi connectivity index (χ2n) is 7.20. The van der Waals surface area contributed by atoms with Crippen LogP contribution in [0.2, 0.25) is 0 Å². The van der Waals surface area contributed by atoms with Crippen molar-refractivity contribution < 1.29 is 28.7 Å². The molecule has 7 nitrogen and oxygen atoms in total. The lowest BCUT2D eigenvalue weighted by Gasteiger charge is -2.30. The van der Waals surface area contributed by atoms with E-state index >= 15 is 0 Å². The Labute approximate surface area is 188 Å². The second kappa shape index (κ2) is 9.87. The van der Waals surface area contributed by atoms with E-state index in [1.54, 1.807) is 54.6 Å². The molecule has 1 fully saturated rings. The highest BCUT2D eigenvalue weighted by Gasteiger charge is 2.58. The molecule has 162 valence electrons. The first kappa shape index (κ1) is 22.7. The number of carbonyl (C=O) groups is 4. The van der Waals surface area contributed by atoms with Crippen LogP contribution >= 0.6 is 15.9 Å². The molecular formula is C23H22BrNO6. The van der Waals surface area contributed by atoms with Gasteiger partial charge in [0.1, 0.15) is 12.1 Å². The summed E-state index contributed by atoms with van der Waals surface area (Å²) in [6.45, 7) is 0.863. The van der Waals surface area contributed by atoms with Crippen molar-refractivity contribution in [1.82, 2.24) is 4.90 Å². The Bertz CT molecular complexity index is 969. The minimum Gasteiger partial charge on any atom is -0.464 e. The van der Waals surface area contributed by atoms with Crippen molar-refractivity contribution in [2.75, 3.05) is 19.8 Å². The Kier molecular flexibility index (Phi) is 7.22. The molecular weight excluding hydrogens is 466 g/mol. The van der Waals surface area contributed by atoms with Crippen LogP contribution in [0.5, 0.6) is 0 Å². The van der Waals surface area contributed by atoms with Gasteiger partial charge in [-0.15, -0.1) is 0 Å². The number of nitrogens with zero attached hydrogens (tertiary/aromatic N) is 1. The van der Waals surface area contributed by atoms with Gasteiger partial charge in [-0.25, -0.2) is 4.79 Å². The molecule has 0 spiro atoms. The van der Waals surface area contributed by atoms with E-state index in [0.29, 0.717) is 24.0 Å².